The molecular weight excluding hydrogens is 324 g/mol. The van der Waals surface area contributed by atoms with Crippen molar-refractivity contribution in [1.82, 2.24) is 9.97 Å². The lowest BCUT2D eigenvalue weighted by Gasteiger charge is -2.10. The Morgan fingerprint density at radius 2 is 2.12 bits per heavy atom. The lowest BCUT2D eigenvalue weighted by molar-refractivity contribution is 0.578. The summed E-state index contributed by atoms with van der Waals surface area (Å²) >= 11 is 0. The summed E-state index contributed by atoms with van der Waals surface area (Å²) in [4.78, 5) is 16.1. The molecule has 0 spiro atoms. The zero-order chi connectivity index (χ0) is 18.1. The summed E-state index contributed by atoms with van der Waals surface area (Å²) in [6.45, 7) is 7.36. The third kappa shape index (κ3) is 5.42. The van der Waals surface area contributed by atoms with Gasteiger partial charge in [-0.15, -0.1) is 0 Å². The van der Waals surface area contributed by atoms with Crippen LogP contribution < -0.4 is 5.32 Å². The first-order valence-corrected chi connectivity index (χ1v) is 7.41. The molecule has 25 heavy (non-hydrogen) atoms. The summed E-state index contributed by atoms with van der Waals surface area (Å²) in [5.74, 6) is -0.245. The van der Waals surface area contributed by atoms with Gasteiger partial charge in [-0.25, -0.2) is 18.7 Å². The monoisotopic (exact) mass is 341 g/mol. The second-order valence-electron chi connectivity index (χ2n) is 4.89. The standard InChI is InChI=1S/C18H17F2N5/c1-3-15-13(9-14(19)10-16(15)20)11-24-17-5-8-23-18(25-17)12-22-7-4-6-21-2/h3-10H,1-2,11-12H2,(H,23,24,25)/b6-4-,22-7-. The van der Waals surface area contributed by atoms with Crippen LogP contribution in [-0.4, -0.2) is 22.9 Å². The molecule has 0 atom stereocenters. The first-order chi connectivity index (χ1) is 12.1. The van der Waals surface area contributed by atoms with E-state index < -0.39 is 11.6 Å². The summed E-state index contributed by atoms with van der Waals surface area (Å²) in [5, 5.41) is 3.02. The summed E-state index contributed by atoms with van der Waals surface area (Å²) < 4.78 is 27.1. The van der Waals surface area contributed by atoms with Crippen molar-refractivity contribution in [2.75, 3.05) is 5.32 Å². The highest BCUT2D eigenvalue weighted by molar-refractivity contribution is 5.70. The number of allylic oxidation sites excluding steroid dienone is 1. The van der Waals surface area contributed by atoms with Crippen molar-refractivity contribution in [1.29, 1.82) is 0 Å². The second kappa shape index (κ2) is 9.17. The van der Waals surface area contributed by atoms with Crippen molar-refractivity contribution in [3.8, 4) is 0 Å². The third-order valence-electron chi connectivity index (χ3n) is 3.17. The molecule has 1 aromatic heterocycles. The average molecular weight is 341 g/mol. The van der Waals surface area contributed by atoms with E-state index in [4.69, 9.17) is 0 Å². The minimum atomic E-state index is -0.647. The van der Waals surface area contributed by atoms with Crippen LogP contribution in [0.2, 0.25) is 0 Å². The first-order valence-electron chi connectivity index (χ1n) is 7.41. The molecule has 1 N–H and O–H groups in total. The molecule has 0 amide bonds. The van der Waals surface area contributed by atoms with Crippen molar-refractivity contribution < 1.29 is 8.78 Å². The minimum absolute atomic E-state index is 0.198. The number of hydrogen-bond acceptors (Lipinski definition) is 5. The normalized spacial score (nSPS) is 11.1. The molecule has 0 saturated carbocycles. The van der Waals surface area contributed by atoms with E-state index in [-0.39, 0.29) is 12.1 Å². The molecule has 0 radical (unpaired) electrons. The van der Waals surface area contributed by atoms with E-state index in [1.165, 1.54) is 18.3 Å². The quantitative estimate of drug-likeness (QED) is 0.743. The van der Waals surface area contributed by atoms with Gasteiger partial charge in [0.1, 0.15) is 17.5 Å². The van der Waals surface area contributed by atoms with Crippen LogP contribution in [0.3, 0.4) is 0 Å². The fraction of sp³-hybridized carbons (Fsp3) is 0.111. The lowest BCUT2D eigenvalue weighted by Crippen LogP contribution is -2.06. The molecule has 5 nitrogen and oxygen atoms in total. The minimum Gasteiger partial charge on any atom is -0.366 e. The van der Waals surface area contributed by atoms with Gasteiger partial charge in [0.2, 0.25) is 0 Å². The van der Waals surface area contributed by atoms with Gasteiger partial charge in [-0.3, -0.25) is 9.98 Å². The molecule has 0 saturated heterocycles. The van der Waals surface area contributed by atoms with Gasteiger partial charge in [0.25, 0.3) is 0 Å². The molecule has 2 rings (SSSR count). The van der Waals surface area contributed by atoms with Crippen LogP contribution in [0.5, 0.6) is 0 Å². The van der Waals surface area contributed by atoms with Crippen LogP contribution in [0.15, 0.2) is 53.2 Å². The number of halogens is 2. The van der Waals surface area contributed by atoms with Crippen molar-refractivity contribution in [3.05, 3.63) is 71.8 Å². The van der Waals surface area contributed by atoms with E-state index in [2.05, 4.69) is 38.6 Å². The van der Waals surface area contributed by atoms with Crippen molar-refractivity contribution in [2.45, 2.75) is 13.1 Å². The molecule has 2 aromatic rings. The van der Waals surface area contributed by atoms with Gasteiger partial charge in [0.05, 0.1) is 6.54 Å². The van der Waals surface area contributed by atoms with Gasteiger partial charge < -0.3 is 5.32 Å². The van der Waals surface area contributed by atoms with Gasteiger partial charge in [0, 0.05) is 36.8 Å². The Labute approximate surface area is 144 Å². The predicted octanol–water partition coefficient (Wildman–Crippen LogP) is 3.80. The highest BCUT2D eigenvalue weighted by Crippen LogP contribution is 2.18. The largest absolute Gasteiger partial charge is 0.366 e. The van der Waals surface area contributed by atoms with Crippen molar-refractivity contribution in [3.63, 3.8) is 0 Å². The SMILES string of the molecule is C=Cc1c(F)cc(F)cc1CNc1ccnc(C/N=C\C=C/N=C)n1. The van der Waals surface area contributed by atoms with Gasteiger partial charge in [0.15, 0.2) is 5.82 Å². The highest BCUT2D eigenvalue weighted by atomic mass is 19.1. The van der Waals surface area contributed by atoms with Gasteiger partial charge >= 0.3 is 0 Å². The van der Waals surface area contributed by atoms with Gasteiger partial charge in [-0.05, 0) is 30.5 Å². The van der Waals surface area contributed by atoms with Crippen LogP contribution in [-0.2, 0) is 13.1 Å². The van der Waals surface area contributed by atoms with Crippen LogP contribution in [0.1, 0.15) is 17.0 Å². The molecule has 7 heteroatoms. The molecule has 0 unspecified atom stereocenters. The number of nitrogens with one attached hydrogen (secondary N) is 1. The van der Waals surface area contributed by atoms with Crippen molar-refractivity contribution >= 4 is 24.8 Å². The Bertz CT molecular complexity index is 815. The maximum Gasteiger partial charge on any atom is 0.152 e. The Hall–Kier alpha value is -3.22. The van der Waals surface area contributed by atoms with E-state index in [1.54, 1.807) is 24.6 Å². The highest BCUT2D eigenvalue weighted by Gasteiger charge is 2.09. The molecular formula is C18H17F2N5. The zero-order valence-corrected chi connectivity index (χ0v) is 13.5. The average Bonchev–Trinajstić information content (AvgIpc) is 2.60. The van der Waals surface area contributed by atoms with E-state index in [9.17, 15) is 8.78 Å². The second-order valence-corrected chi connectivity index (χ2v) is 4.89. The Morgan fingerprint density at radius 3 is 2.88 bits per heavy atom. The first kappa shape index (κ1) is 18.1. The predicted molar refractivity (Wildman–Crippen MR) is 96.7 cm³/mol. The number of benzene rings is 1. The third-order valence-corrected chi connectivity index (χ3v) is 3.17. The number of aliphatic imine (C=N–C) groups is 2. The summed E-state index contributed by atoms with van der Waals surface area (Å²) in [6, 6.07) is 3.76. The number of aromatic nitrogens is 2. The van der Waals surface area contributed by atoms with E-state index in [0.717, 1.165) is 6.07 Å². The lowest BCUT2D eigenvalue weighted by atomic mass is 10.1. The molecule has 0 aliphatic heterocycles. The molecule has 128 valence electrons. The van der Waals surface area contributed by atoms with Crippen molar-refractivity contribution in [2.24, 2.45) is 9.98 Å². The van der Waals surface area contributed by atoms with Crippen LogP contribution in [0.4, 0.5) is 14.6 Å². The van der Waals surface area contributed by atoms with E-state index in [1.807, 2.05) is 0 Å². The number of anilines is 1. The maximum atomic E-state index is 13.7. The summed E-state index contributed by atoms with van der Waals surface area (Å²) in [5.41, 5.74) is 0.711. The summed E-state index contributed by atoms with van der Waals surface area (Å²) in [7, 11) is 0. The molecule has 0 bridgehead atoms. The zero-order valence-electron chi connectivity index (χ0n) is 13.5. The molecule has 1 heterocycles. The number of nitrogens with zero attached hydrogens (tertiary/aromatic N) is 4. The Kier molecular flexibility index (Phi) is 6.65. The fourth-order valence-corrected chi connectivity index (χ4v) is 2.07. The molecule has 0 aliphatic rings. The topological polar surface area (TPSA) is 62.5 Å². The number of hydrogen-bond donors (Lipinski definition) is 1. The van der Waals surface area contributed by atoms with Gasteiger partial charge in [-0.2, -0.15) is 0 Å². The van der Waals surface area contributed by atoms with Gasteiger partial charge in [-0.1, -0.05) is 12.7 Å². The van der Waals surface area contributed by atoms with Crippen LogP contribution >= 0.6 is 0 Å². The maximum absolute atomic E-state index is 13.7. The van der Waals surface area contributed by atoms with E-state index in [0.29, 0.717) is 23.8 Å². The molecule has 0 fully saturated rings. The molecule has 0 aliphatic carbocycles. The smallest absolute Gasteiger partial charge is 0.152 e. The van der Waals surface area contributed by atoms with Crippen LogP contribution in [0, 0.1) is 11.6 Å². The number of rotatable bonds is 8. The summed E-state index contributed by atoms with van der Waals surface area (Å²) in [6.07, 6.45) is 7.67. The van der Waals surface area contributed by atoms with E-state index >= 15 is 0 Å². The Balaban J connectivity index is 2.05. The molecule has 1 aromatic carbocycles. The van der Waals surface area contributed by atoms with Crippen LogP contribution in [0.25, 0.3) is 6.08 Å². The Morgan fingerprint density at radius 1 is 1.28 bits per heavy atom. The fourth-order valence-electron chi connectivity index (χ4n) is 2.07.